The van der Waals surface area contributed by atoms with E-state index in [9.17, 15) is 4.79 Å². The summed E-state index contributed by atoms with van der Waals surface area (Å²) in [4.78, 5) is 10.7. The normalized spacial score (nSPS) is 12.5. The molecule has 0 aliphatic carbocycles. The smallest absolute Gasteiger partial charge is 0.320 e. The van der Waals surface area contributed by atoms with Gasteiger partial charge in [0.25, 0.3) is 0 Å². The summed E-state index contributed by atoms with van der Waals surface area (Å²) in [5.41, 5.74) is 6.84. The molecule has 4 N–H and O–H groups in total. The SMILES string of the molecule is N[C@@H](CCCCNCc1c2ccccc2cc2ccccc12)C(=O)O. The summed E-state index contributed by atoms with van der Waals surface area (Å²) in [6.07, 6.45) is 2.26. The van der Waals surface area contributed by atoms with Crippen LogP contribution in [0.3, 0.4) is 0 Å². The molecule has 3 rings (SSSR count). The predicted molar refractivity (Wildman–Crippen MR) is 103 cm³/mol. The third-order valence-corrected chi connectivity index (χ3v) is 4.62. The second-order valence-corrected chi connectivity index (χ2v) is 6.41. The molecule has 0 aliphatic heterocycles. The number of benzene rings is 3. The Morgan fingerprint density at radius 2 is 1.60 bits per heavy atom. The number of carboxylic acid groups (broad SMARTS) is 1. The van der Waals surface area contributed by atoms with Crippen molar-refractivity contribution < 1.29 is 9.90 Å². The van der Waals surface area contributed by atoms with Gasteiger partial charge in [-0.25, -0.2) is 0 Å². The lowest BCUT2D eigenvalue weighted by molar-refractivity contribution is -0.138. The molecule has 25 heavy (non-hydrogen) atoms. The lowest BCUT2D eigenvalue weighted by Crippen LogP contribution is -2.30. The number of hydrogen-bond acceptors (Lipinski definition) is 3. The van der Waals surface area contributed by atoms with Crippen molar-refractivity contribution >= 4 is 27.5 Å². The van der Waals surface area contributed by atoms with E-state index in [0.717, 1.165) is 25.9 Å². The first-order chi connectivity index (χ1) is 12.2. The number of nitrogens with one attached hydrogen (secondary N) is 1. The zero-order chi connectivity index (χ0) is 17.6. The van der Waals surface area contributed by atoms with Gasteiger partial charge in [0, 0.05) is 6.54 Å². The first-order valence-electron chi connectivity index (χ1n) is 8.75. The summed E-state index contributed by atoms with van der Waals surface area (Å²) in [6, 6.07) is 18.4. The number of unbranched alkanes of at least 4 members (excludes halogenated alkanes) is 1. The van der Waals surface area contributed by atoms with Crippen LogP contribution in [0.5, 0.6) is 0 Å². The standard InChI is InChI=1S/C21H24N2O2/c22-20(21(24)25)11-5-6-12-23-14-19-17-9-3-1-7-15(17)13-16-8-2-4-10-18(16)19/h1-4,7-10,13,20,23H,5-6,11-12,14,22H2,(H,24,25)/t20-/m0/s1. The summed E-state index contributed by atoms with van der Waals surface area (Å²) in [5, 5.41) is 17.4. The zero-order valence-electron chi connectivity index (χ0n) is 14.2. The molecule has 0 fully saturated rings. The Morgan fingerprint density at radius 3 is 2.20 bits per heavy atom. The molecule has 0 aromatic heterocycles. The number of fused-ring (bicyclic) bond motifs is 2. The predicted octanol–water partition coefficient (Wildman–Crippen LogP) is 3.66. The highest BCUT2D eigenvalue weighted by atomic mass is 16.4. The Balaban J connectivity index is 1.67. The van der Waals surface area contributed by atoms with E-state index in [0.29, 0.717) is 6.42 Å². The molecule has 0 saturated heterocycles. The topological polar surface area (TPSA) is 75.3 Å². The van der Waals surface area contributed by atoms with Gasteiger partial charge in [-0.15, -0.1) is 0 Å². The van der Waals surface area contributed by atoms with Crippen molar-refractivity contribution in [3.05, 3.63) is 60.2 Å². The van der Waals surface area contributed by atoms with Gasteiger partial charge in [0.05, 0.1) is 0 Å². The molecule has 3 aromatic rings. The first-order valence-corrected chi connectivity index (χ1v) is 8.75. The Hall–Kier alpha value is -2.43. The van der Waals surface area contributed by atoms with E-state index in [2.05, 4.69) is 59.9 Å². The molecule has 0 bridgehead atoms. The van der Waals surface area contributed by atoms with Crippen LogP contribution in [-0.2, 0) is 11.3 Å². The Labute approximate surface area is 147 Å². The van der Waals surface area contributed by atoms with Crippen molar-refractivity contribution in [3.63, 3.8) is 0 Å². The monoisotopic (exact) mass is 336 g/mol. The number of aliphatic carboxylic acids is 1. The Kier molecular flexibility index (Phi) is 5.64. The minimum atomic E-state index is -0.921. The minimum absolute atomic E-state index is 0.522. The fourth-order valence-electron chi connectivity index (χ4n) is 3.25. The van der Waals surface area contributed by atoms with E-state index in [1.165, 1.54) is 27.1 Å². The van der Waals surface area contributed by atoms with Crippen LogP contribution < -0.4 is 11.1 Å². The molecule has 4 heteroatoms. The largest absolute Gasteiger partial charge is 0.480 e. The fourth-order valence-corrected chi connectivity index (χ4v) is 3.25. The van der Waals surface area contributed by atoms with Gasteiger partial charge in [-0.3, -0.25) is 4.79 Å². The number of carboxylic acids is 1. The molecule has 0 spiro atoms. The summed E-state index contributed by atoms with van der Waals surface area (Å²) in [7, 11) is 0. The molecule has 4 nitrogen and oxygen atoms in total. The van der Waals surface area contributed by atoms with E-state index in [1.807, 2.05) is 0 Å². The van der Waals surface area contributed by atoms with Gasteiger partial charge in [-0.2, -0.15) is 0 Å². The molecular formula is C21H24N2O2. The third kappa shape index (κ3) is 4.16. The molecule has 0 unspecified atom stereocenters. The van der Waals surface area contributed by atoms with Gasteiger partial charge < -0.3 is 16.2 Å². The summed E-state index contributed by atoms with van der Waals surface area (Å²) < 4.78 is 0. The highest BCUT2D eigenvalue weighted by Crippen LogP contribution is 2.28. The Bertz CT molecular complexity index is 822. The summed E-state index contributed by atoms with van der Waals surface area (Å²) in [6.45, 7) is 1.65. The van der Waals surface area contributed by atoms with Crippen LogP contribution in [-0.4, -0.2) is 23.7 Å². The molecule has 0 saturated carbocycles. The van der Waals surface area contributed by atoms with Crippen molar-refractivity contribution in [2.75, 3.05) is 6.54 Å². The van der Waals surface area contributed by atoms with E-state index in [1.54, 1.807) is 0 Å². The lowest BCUT2D eigenvalue weighted by Gasteiger charge is -2.13. The van der Waals surface area contributed by atoms with E-state index in [-0.39, 0.29) is 0 Å². The molecule has 1 atom stereocenters. The van der Waals surface area contributed by atoms with Crippen LogP contribution in [0.4, 0.5) is 0 Å². The maximum atomic E-state index is 10.7. The van der Waals surface area contributed by atoms with Gasteiger partial charge in [0.15, 0.2) is 0 Å². The second-order valence-electron chi connectivity index (χ2n) is 6.41. The zero-order valence-corrected chi connectivity index (χ0v) is 14.2. The van der Waals surface area contributed by atoms with Crippen molar-refractivity contribution in [1.29, 1.82) is 0 Å². The van der Waals surface area contributed by atoms with Crippen LogP contribution in [0.2, 0.25) is 0 Å². The highest BCUT2D eigenvalue weighted by molar-refractivity contribution is 6.02. The van der Waals surface area contributed by atoms with Gasteiger partial charge in [-0.1, -0.05) is 55.0 Å². The van der Waals surface area contributed by atoms with E-state index in [4.69, 9.17) is 10.8 Å². The average Bonchev–Trinajstić information content (AvgIpc) is 2.63. The van der Waals surface area contributed by atoms with Gasteiger partial charge in [-0.05, 0) is 52.6 Å². The van der Waals surface area contributed by atoms with Crippen LogP contribution in [0, 0.1) is 0 Å². The van der Waals surface area contributed by atoms with E-state index < -0.39 is 12.0 Å². The average molecular weight is 336 g/mol. The molecule has 0 aliphatic rings. The van der Waals surface area contributed by atoms with Gasteiger partial charge in [0.1, 0.15) is 6.04 Å². The van der Waals surface area contributed by atoms with Crippen LogP contribution >= 0.6 is 0 Å². The number of nitrogens with two attached hydrogens (primary N) is 1. The van der Waals surface area contributed by atoms with Gasteiger partial charge >= 0.3 is 5.97 Å². The summed E-state index contributed by atoms with van der Waals surface area (Å²) >= 11 is 0. The van der Waals surface area contributed by atoms with Crippen LogP contribution in [0.25, 0.3) is 21.5 Å². The quantitative estimate of drug-likeness (QED) is 0.433. The number of carbonyl (C=O) groups is 1. The number of rotatable bonds is 8. The third-order valence-electron chi connectivity index (χ3n) is 4.62. The van der Waals surface area contributed by atoms with Crippen LogP contribution in [0.15, 0.2) is 54.6 Å². The maximum Gasteiger partial charge on any atom is 0.320 e. The van der Waals surface area contributed by atoms with Crippen molar-refractivity contribution in [3.8, 4) is 0 Å². The Morgan fingerprint density at radius 1 is 1.00 bits per heavy atom. The molecule has 0 heterocycles. The van der Waals surface area contributed by atoms with Crippen molar-refractivity contribution in [2.24, 2.45) is 5.73 Å². The molecule has 0 amide bonds. The lowest BCUT2D eigenvalue weighted by atomic mass is 9.97. The van der Waals surface area contributed by atoms with Gasteiger partial charge in [0.2, 0.25) is 0 Å². The number of hydrogen-bond donors (Lipinski definition) is 3. The molecular weight excluding hydrogens is 312 g/mol. The maximum absolute atomic E-state index is 10.7. The molecule has 3 aromatic carbocycles. The second kappa shape index (κ2) is 8.10. The van der Waals surface area contributed by atoms with E-state index >= 15 is 0 Å². The molecule has 0 radical (unpaired) electrons. The van der Waals surface area contributed by atoms with Crippen molar-refractivity contribution in [1.82, 2.24) is 5.32 Å². The first kappa shape index (κ1) is 17.4. The fraction of sp³-hybridized carbons (Fsp3) is 0.286. The van der Waals surface area contributed by atoms with Crippen LogP contribution in [0.1, 0.15) is 24.8 Å². The van der Waals surface area contributed by atoms with Crippen molar-refractivity contribution in [2.45, 2.75) is 31.8 Å². The minimum Gasteiger partial charge on any atom is -0.480 e. The summed E-state index contributed by atoms with van der Waals surface area (Å²) in [5.74, 6) is -0.921. The molecule has 130 valence electrons. The highest BCUT2D eigenvalue weighted by Gasteiger charge is 2.10.